The van der Waals surface area contributed by atoms with Gasteiger partial charge in [0, 0.05) is 30.7 Å². The third kappa shape index (κ3) is 4.10. The molecule has 3 aromatic carbocycles. The minimum absolute atomic E-state index is 0.0784. The second-order valence-corrected chi connectivity index (χ2v) is 8.58. The minimum Gasteiger partial charge on any atom is -0.273 e. The zero-order valence-electron chi connectivity index (χ0n) is 19.1. The molecule has 0 spiro atoms. The highest BCUT2D eigenvalue weighted by Crippen LogP contribution is 2.38. The van der Waals surface area contributed by atoms with Gasteiger partial charge in [0.2, 0.25) is 5.91 Å². The maximum Gasteiger partial charge on any atom is 0.240 e. The Morgan fingerprint density at radius 2 is 1.55 bits per heavy atom. The number of hydrazone groups is 1. The largest absolute Gasteiger partial charge is 0.273 e. The fourth-order valence-electron chi connectivity index (χ4n) is 4.40. The molecule has 0 fully saturated rings. The molecule has 33 heavy (non-hydrogen) atoms. The molecule has 0 N–H and O–H groups in total. The summed E-state index contributed by atoms with van der Waals surface area (Å²) in [6.45, 7) is 5.72. The van der Waals surface area contributed by atoms with E-state index in [9.17, 15) is 4.79 Å². The Hall–Kier alpha value is -3.99. The lowest BCUT2D eigenvalue weighted by Gasteiger charge is -2.20. The predicted molar refractivity (Wildman–Crippen MR) is 131 cm³/mol. The standard InChI is InChI=1S/C28H26N4O/c1-19-9-7-11-22(15-19)26-17-27(32(29-26)21(3)33)25-18-31(24-13-5-4-6-14-24)30-28(25)23-12-8-10-20(2)16-23/h4-16,18,27H,17H2,1-3H3/t27-/m0/s1. The van der Waals surface area contributed by atoms with Crippen LogP contribution in [0.5, 0.6) is 0 Å². The van der Waals surface area contributed by atoms with Crippen molar-refractivity contribution in [1.29, 1.82) is 0 Å². The summed E-state index contributed by atoms with van der Waals surface area (Å²) in [6.07, 6.45) is 2.69. The molecule has 2 heterocycles. The molecule has 1 aliphatic heterocycles. The number of aryl methyl sites for hydroxylation is 2. The van der Waals surface area contributed by atoms with Gasteiger partial charge < -0.3 is 0 Å². The van der Waals surface area contributed by atoms with Gasteiger partial charge in [-0.1, -0.05) is 71.8 Å². The number of aromatic nitrogens is 2. The molecule has 0 radical (unpaired) electrons. The van der Waals surface area contributed by atoms with Crippen molar-refractivity contribution in [2.75, 3.05) is 0 Å². The first-order valence-electron chi connectivity index (χ1n) is 11.2. The summed E-state index contributed by atoms with van der Waals surface area (Å²) < 4.78 is 1.90. The lowest BCUT2D eigenvalue weighted by Crippen LogP contribution is -2.24. The van der Waals surface area contributed by atoms with Crippen molar-refractivity contribution >= 4 is 11.6 Å². The first kappa shape index (κ1) is 20.9. The van der Waals surface area contributed by atoms with Crippen LogP contribution >= 0.6 is 0 Å². The van der Waals surface area contributed by atoms with Crippen molar-refractivity contribution in [3.8, 4) is 16.9 Å². The van der Waals surface area contributed by atoms with Crippen LogP contribution in [0.2, 0.25) is 0 Å². The maximum atomic E-state index is 12.6. The smallest absolute Gasteiger partial charge is 0.240 e. The predicted octanol–water partition coefficient (Wildman–Crippen LogP) is 5.85. The molecule has 0 saturated heterocycles. The molecule has 4 aromatic rings. The van der Waals surface area contributed by atoms with Crippen LogP contribution in [0.1, 0.15) is 41.6 Å². The number of para-hydroxylation sites is 1. The van der Waals surface area contributed by atoms with Gasteiger partial charge in [0.15, 0.2) is 0 Å². The molecular weight excluding hydrogens is 408 g/mol. The minimum atomic E-state index is -0.217. The van der Waals surface area contributed by atoms with Gasteiger partial charge in [-0.05, 0) is 37.6 Å². The summed E-state index contributed by atoms with van der Waals surface area (Å²) >= 11 is 0. The number of hydrogen-bond acceptors (Lipinski definition) is 3. The van der Waals surface area contributed by atoms with E-state index in [2.05, 4.69) is 50.2 Å². The van der Waals surface area contributed by atoms with E-state index in [1.54, 1.807) is 11.9 Å². The van der Waals surface area contributed by atoms with E-state index >= 15 is 0 Å². The Labute approximate surface area is 194 Å². The molecule has 1 amide bonds. The molecule has 1 atom stereocenters. The van der Waals surface area contributed by atoms with Crippen LogP contribution in [-0.4, -0.2) is 26.4 Å². The molecule has 1 aliphatic rings. The Balaban J connectivity index is 1.63. The van der Waals surface area contributed by atoms with Crippen LogP contribution in [0.25, 0.3) is 16.9 Å². The second-order valence-electron chi connectivity index (χ2n) is 8.58. The summed E-state index contributed by atoms with van der Waals surface area (Å²) in [7, 11) is 0. The molecule has 5 heteroatoms. The SMILES string of the molecule is CC(=O)N1N=C(c2cccc(C)c2)C[C@H]1c1cn(-c2ccccc2)nc1-c1cccc(C)c1. The number of nitrogens with zero attached hydrogens (tertiary/aromatic N) is 4. The molecule has 0 unspecified atom stereocenters. The Bertz CT molecular complexity index is 1350. The van der Waals surface area contributed by atoms with Crippen LogP contribution in [0.15, 0.2) is 90.2 Å². The van der Waals surface area contributed by atoms with Crippen LogP contribution in [-0.2, 0) is 4.79 Å². The van der Waals surface area contributed by atoms with E-state index in [1.807, 2.05) is 53.3 Å². The summed E-state index contributed by atoms with van der Waals surface area (Å²) in [5.74, 6) is -0.0784. The van der Waals surface area contributed by atoms with Gasteiger partial charge in [-0.15, -0.1) is 0 Å². The van der Waals surface area contributed by atoms with Gasteiger partial charge in [0.05, 0.1) is 23.1 Å². The van der Waals surface area contributed by atoms with Crippen molar-refractivity contribution in [3.63, 3.8) is 0 Å². The van der Waals surface area contributed by atoms with Gasteiger partial charge in [-0.25, -0.2) is 9.69 Å². The van der Waals surface area contributed by atoms with Gasteiger partial charge in [0.25, 0.3) is 0 Å². The van der Waals surface area contributed by atoms with E-state index in [0.29, 0.717) is 6.42 Å². The Kier molecular flexibility index (Phi) is 5.38. The third-order valence-corrected chi connectivity index (χ3v) is 6.00. The molecule has 1 aromatic heterocycles. The van der Waals surface area contributed by atoms with E-state index < -0.39 is 0 Å². The van der Waals surface area contributed by atoms with Crippen molar-refractivity contribution in [2.45, 2.75) is 33.2 Å². The van der Waals surface area contributed by atoms with E-state index in [4.69, 9.17) is 10.2 Å². The number of carbonyl (C=O) groups excluding carboxylic acids is 1. The van der Waals surface area contributed by atoms with Crippen LogP contribution in [0.3, 0.4) is 0 Å². The van der Waals surface area contributed by atoms with E-state index in [0.717, 1.165) is 33.8 Å². The van der Waals surface area contributed by atoms with Crippen molar-refractivity contribution in [2.24, 2.45) is 5.10 Å². The average molecular weight is 435 g/mol. The van der Waals surface area contributed by atoms with E-state index in [-0.39, 0.29) is 11.9 Å². The van der Waals surface area contributed by atoms with Crippen LogP contribution in [0.4, 0.5) is 0 Å². The first-order valence-corrected chi connectivity index (χ1v) is 11.2. The third-order valence-electron chi connectivity index (χ3n) is 6.00. The number of rotatable bonds is 4. The fraction of sp³-hybridized carbons (Fsp3) is 0.179. The number of carbonyl (C=O) groups is 1. The number of amides is 1. The topological polar surface area (TPSA) is 50.5 Å². The fourth-order valence-corrected chi connectivity index (χ4v) is 4.40. The Morgan fingerprint density at radius 1 is 0.879 bits per heavy atom. The van der Waals surface area contributed by atoms with Crippen LogP contribution in [0, 0.1) is 13.8 Å². The molecule has 0 bridgehead atoms. The quantitative estimate of drug-likeness (QED) is 0.404. The van der Waals surface area contributed by atoms with Crippen molar-refractivity contribution in [1.82, 2.24) is 14.8 Å². The molecule has 164 valence electrons. The number of benzene rings is 3. The van der Waals surface area contributed by atoms with Gasteiger partial charge in [0.1, 0.15) is 0 Å². The zero-order chi connectivity index (χ0) is 22.9. The Morgan fingerprint density at radius 3 is 2.21 bits per heavy atom. The highest BCUT2D eigenvalue weighted by Gasteiger charge is 2.34. The van der Waals surface area contributed by atoms with Gasteiger partial charge in [-0.3, -0.25) is 4.79 Å². The van der Waals surface area contributed by atoms with E-state index in [1.165, 1.54) is 11.1 Å². The molecule has 0 aliphatic carbocycles. The normalized spacial score (nSPS) is 15.5. The summed E-state index contributed by atoms with van der Waals surface area (Å²) in [6, 6.07) is 26.4. The van der Waals surface area contributed by atoms with Crippen LogP contribution < -0.4 is 0 Å². The van der Waals surface area contributed by atoms with Gasteiger partial charge in [-0.2, -0.15) is 10.2 Å². The second kappa shape index (κ2) is 8.51. The zero-order valence-corrected chi connectivity index (χ0v) is 19.1. The molecule has 5 nitrogen and oxygen atoms in total. The monoisotopic (exact) mass is 434 g/mol. The van der Waals surface area contributed by atoms with Crippen molar-refractivity contribution in [3.05, 3.63) is 107 Å². The number of hydrogen-bond donors (Lipinski definition) is 0. The summed E-state index contributed by atoms with van der Waals surface area (Å²) in [5.41, 5.74) is 8.19. The van der Waals surface area contributed by atoms with Crippen molar-refractivity contribution < 1.29 is 4.79 Å². The molecule has 5 rings (SSSR count). The lowest BCUT2D eigenvalue weighted by molar-refractivity contribution is -0.130. The molecular formula is C28H26N4O. The molecule has 0 saturated carbocycles. The lowest BCUT2D eigenvalue weighted by atomic mass is 9.95. The summed E-state index contributed by atoms with van der Waals surface area (Å²) in [5, 5.41) is 11.3. The first-order chi connectivity index (χ1) is 16.0. The average Bonchev–Trinajstić information content (AvgIpc) is 3.45. The highest BCUT2D eigenvalue weighted by molar-refractivity contribution is 6.03. The summed E-state index contributed by atoms with van der Waals surface area (Å²) in [4.78, 5) is 12.6. The maximum absolute atomic E-state index is 12.6. The van der Waals surface area contributed by atoms with Gasteiger partial charge >= 0.3 is 0 Å². The highest BCUT2D eigenvalue weighted by atomic mass is 16.2.